The Kier molecular flexibility index (Phi) is 5.56. The van der Waals surface area contributed by atoms with E-state index in [2.05, 4.69) is 15.8 Å². The number of aryl methyl sites for hydroxylation is 1. The number of hydrogen-bond acceptors (Lipinski definition) is 2. The molecule has 0 atom stereocenters. The van der Waals surface area contributed by atoms with Crippen molar-refractivity contribution in [2.24, 2.45) is 5.10 Å². The Morgan fingerprint density at radius 2 is 1.67 bits per heavy atom. The number of nitrogens with zero attached hydrogens (tertiary/aromatic N) is 1. The zero-order valence-electron chi connectivity index (χ0n) is 13.1. The minimum absolute atomic E-state index is 0.0156. The molecule has 2 N–H and O–H groups in total. The van der Waals surface area contributed by atoms with Crippen LogP contribution in [-0.2, 0) is 6.18 Å². The molecule has 0 unspecified atom stereocenters. The fourth-order valence-electron chi connectivity index (χ4n) is 1.98. The zero-order chi connectivity index (χ0) is 17.7. The highest BCUT2D eigenvalue weighted by atomic mass is 32.1. The number of anilines is 1. The summed E-state index contributed by atoms with van der Waals surface area (Å²) in [7, 11) is 0. The van der Waals surface area contributed by atoms with Gasteiger partial charge in [0.25, 0.3) is 0 Å². The second kappa shape index (κ2) is 7.44. The van der Waals surface area contributed by atoms with Gasteiger partial charge in [-0.3, -0.25) is 5.43 Å². The van der Waals surface area contributed by atoms with E-state index in [1.54, 1.807) is 6.92 Å². The first kappa shape index (κ1) is 17.9. The van der Waals surface area contributed by atoms with E-state index in [1.165, 1.54) is 18.2 Å². The molecule has 126 valence electrons. The SMILES string of the molecule is C/C(=N/NC(=S)Nc1ccccc1C(F)(F)F)c1ccc(C)cc1. The molecule has 0 amide bonds. The van der Waals surface area contributed by atoms with E-state index in [0.717, 1.165) is 17.2 Å². The molecule has 24 heavy (non-hydrogen) atoms. The van der Waals surface area contributed by atoms with Gasteiger partial charge in [-0.05, 0) is 43.8 Å². The first-order valence-corrected chi connectivity index (χ1v) is 7.53. The van der Waals surface area contributed by atoms with Crippen LogP contribution in [0, 0.1) is 6.92 Å². The maximum atomic E-state index is 12.9. The minimum Gasteiger partial charge on any atom is -0.331 e. The smallest absolute Gasteiger partial charge is 0.331 e. The third kappa shape index (κ3) is 4.79. The van der Waals surface area contributed by atoms with Crippen LogP contribution in [0.2, 0.25) is 0 Å². The summed E-state index contributed by atoms with van der Waals surface area (Å²) in [5.41, 5.74) is 4.35. The van der Waals surface area contributed by atoms with Crippen molar-refractivity contribution in [2.75, 3.05) is 5.32 Å². The van der Waals surface area contributed by atoms with Crippen molar-refractivity contribution in [3.8, 4) is 0 Å². The predicted octanol–water partition coefficient (Wildman–Crippen LogP) is 4.72. The van der Waals surface area contributed by atoms with Crippen molar-refractivity contribution in [3.63, 3.8) is 0 Å². The molecule has 0 aliphatic heterocycles. The molecule has 0 aromatic heterocycles. The fourth-order valence-corrected chi connectivity index (χ4v) is 2.14. The van der Waals surface area contributed by atoms with E-state index in [-0.39, 0.29) is 10.8 Å². The van der Waals surface area contributed by atoms with Crippen LogP contribution in [0.25, 0.3) is 0 Å². The Labute approximate surface area is 143 Å². The van der Waals surface area contributed by atoms with Gasteiger partial charge in [0, 0.05) is 0 Å². The monoisotopic (exact) mass is 351 g/mol. The molecule has 0 aliphatic rings. The predicted molar refractivity (Wildman–Crippen MR) is 94.2 cm³/mol. The second-order valence-corrected chi connectivity index (χ2v) is 5.58. The number of halogens is 3. The van der Waals surface area contributed by atoms with Crippen LogP contribution in [0.5, 0.6) is 0 Å². The number of rotatable bonds is 3. The van der Waals surface area contributed by atoms with Gasteiger partial charge in [0.2, 0.25) is 0 Å². The van der Waals surface area contributed by atoms with Gasteiger partial charge in [-0.1, -0.05) is 42.0 Å². The van der Waals surface area contributed by atoms with Gasteiger partial charge in [-0.25, -0.2) is 0 Å². The van der Waals surface area contributed by atoms with Crippen molar-refractivity contribution >= 4 is 28.7 Å². The van der Waals surface area contributed by atoms with Crippen molar-refractivity contribution < 1.29 is 13.2 Å². The second-order valence-electron chi connectivity index (χ2n) is 5.17. The van der Waals surface area contributed by atoms with E-state index < -0.39 is 11.7 Å². The Balaban J connectivity index is 2.06. The number of para-hydroxylation sites is 1. The fraction of sp³-hybridized carbons (Fsp3) is 0.176. The van der Waals surface area contributed by atoms with Crippen LogP contribution in [0.15, 0.2) is 53.6 Å². The van der Waals surface area contributed by atoms with Crippen LogP contribution in [0.1, 0.15) is 23.6 Å². The molecule has 0 aliphatic carbocycles. The number of benzene rings is 2. The normalized spacial score (nSPS) is 12.0. The van der Waals surface area contributed by atoms with Gasteiger partial charge >= 0.3 is 6.18 Å². The maximum Gasteiger partial charge on any atom is 0.418 e. The van der Waals surface area contributed by atoms with Crippen LogP contribution < -0.4 is 10.7 Å². The lowest BCUT2D eigenvalue weighted by Crippen LogP contribution is -2.26. The first-order valence-electron chi connectivity index (χ1n) is 7.12. The van der Waals surface area contributed by atoms with Crippen LogP contribution >= 0.6 is 12.2 Å². The number of alkyl halides is 3. The molecule has 7 heteroatoms. The lowest BCUT2D eigenvalue weighted by molar-refractivity contribution is -0.136. The van der Waals surface area contributed by atoms with Crippen molar-refractivity contribution in [1.29, 1.82) is 0 Å². The molecule has 0 spiro atoms. The quantitative estimate of drug-likeness (QED) is 0.477. The summed E-state index contributed by atoms with van der Waals surface area (Å²) < 4.78 is 38.8. The number of hydrogen-bond donors (Lipinski definition) is 2. The summed E-state index contributed by atoms with van der Waals surface area (Å²) in [4.78, 5) is 0. The average molecular weight is 351 g/mol. The van der Waals surface area contributed by atoms with Crippen molar-refractivity contribution in [1.82, 2.24) is 5.43 Å². The number of thiocarbonyl (C=S) groups is 1. The Bertz CT molecular complexity index is 752. The highest BCUT2D eigenvalue weighted by Gasteiger charge is 2.33. The molecule has 0 bridgehead atoms. The van der Waals surface area contributed by atoms with Gasteiger partial charge in [0.1, 0.15) is 0 Å². The molecule has 2 rings (SSSR count). The summed E-state index contributed by atoms with van der Waals surface area (Å²) >= 11 is 5.01. The van der Waals surface area contributed by atoms with E-state index in [9.17, 15) is 13.2 Å². The average Bonchev–Trinajstić information content (AvgIpc) is 2.53. The summed E-state index contributed by atoms with van der Waals surface area (Å²) in [6.45, 7) is 3.76. The van der Waals surface area contributed by atoms with Gasteiger partial charge < -0.3 is 5.32 Å². The maximum absolute atomic E-state index is 12.9. The highest BCUT2D eigenvalue weighted by molar-refractivity contribution is 7.80. The Morgan fingerprint density at radius 1 is 1.04 bits per heavy atom. The lowest BCUT2D eigenvalue weighted by atomic mass is 10.1. The molecule has 2 aromatic rings. The summed E-state index contributed by atoms with van der Waals surface area (Å²) in [6.07, 6.45) is -4.46. The van der Waals surface area contributed by atoms with Gasteiger partial charge in [0.15, 0.2) is 5.11 Å². The summed E-state index contributed by atoms with van der Waals surface area (Å²) in [5, 5.41) is 6.60. The largest absolute Gasteiger partial charge is 0.418 e. The van der Waals surface area contributed by atoms with E-state index in [0.29, 0.717) is 5.71 Å². The van der Waals surface area contributed by atoms with Crippen molar-refractivity contribution in [3.05, 3.63) is 65.2 Å². The molecular formula is C17H16F3N3S. The van der Waals surface area contributed by atoms with Gasteiger partial charge in [-0.15, -0.1) is 0 Å². The molecule has 0 radical (unpaired) electrons. The third-order valence-corrected chi connectivity index (χ3v) is 3.47. The molecule has 0 heterocycles. The first-order chi connectivity index (χ1) is 11.3. The van der Waals surface area contributed by atoms with E-state index in [4.69, 9.17) is 12.2 Å². The number of nitrogens with one attached hydrogen (secondary N) is 2. The summed E-state index contributed by atoms with van der Waals surface area (Å²) in [5.74, 6) is 0. The topological polar surface area (TPSA) is 36.4 Å². The van der Waals surface area contributed by atoms with E-state index >= 15 is 0 Å². The van der Waals surface area contributed by atoms with Crippen LogP contribution in [0.3, 0.4) is 0 Å². The minimum atomic E-state index is -4.46. The molecule has 0 saturated carbocycles. The van der Waals surface area contributed by atoms with Crippen LogP contribution in [-0.4, -0.2) is 10.8 Å². The number of hydrazone groups is 1. The highest BCUT2D eigenvalue weighted by Crippen LogP contribution is 2.34. The molecule has 3 nitrogen and oxygen atoms in total. The molecular weight excluding hydrogens is 335 g/mol. The van der Waals surface area contributed by atoms with Crippen LogP contribution in [0.4, 0.5) is 18.9 Å². The molecule has 0 saturated heterocycles. The zero-order valence-corrected chi connectivity index (χ0v) is 13.9. The standard InChI is InChI=1S/C17H16F3N3S/c1-11-7-9-13(10-8-11)12(2)22-23-16(24)21-15-6-4-3-5-14(15)17(18,19)20/h3-10H,1-2H3,(H2,21,23,24)/b22-12-. The summed E-state index contributed by atoms with van der Waals surface area (Å²) in [6, 6.07) is 12.8. The molecule has 2 aromatic carbocycles. The van der Waals surface area contributed by atoms with E-state index in [1.807, 2.05) is 31.2 Å². The Hall–Kier alpha value is -2.41. The van der Waals surface area contributed by atoms with Crippen molar-refractivity contribution in [2.45, 2.75) is 20.0 Å². The molecule has 0 fully saturated rings. The third-order valence-electron chi connectivity index (χ3n) is 3.28. The lowest BCUT2D eigenvalue weighted by Gasteiger charge is -2.14. The Morgan fingerprint density at radius 3 is 2.29 bits per heavy atom. The van der Waals surface area contributed by atoms with Gasteiger partial charge in [0.05, 0.1) is 17.0 Å². The van der Waals surface area contributed by atoms with Gasteiger partial charge in [-0.2, -0.15) is 18.3 Å².